The number of nitrogens with one attached hydrogen (secondary N) is 1. The molecule has 1 fully saturated rings. The lowest BCUT2D eigenvalue weighted by Crippen LogP contribution is -2.17. The summed E-state index contributed by atoms with van der Waals surface area (Å²) in [6.45, 7) is 0.784. The maximum atomic E-state index is 5.84. The fourth-order valence-electron chi connectivity index (χ4n) is 2.91. The van der Waals surface area contributed by atoms with Crippen LogP contribution >= 0.6 is 0 Å². The highest BCUT2D eigenvalue weighted by Gasteiger charge is 2.20. The zero-order chi connectivity index (χ0) is 16.4. The molecule has 0 saturated carbocycles. The maximum Gasteiger partial charge on any atom is 0.167 e. The minimum Gasteiger partial charge on any atom is -0.497 e. The summed E-state index contributed by atoms with van der Waals surface area (Å²) in [4.78, 5) is 13.2. The largest absolute Gasteiger partial charge is 0.497 e. The van der Waals surface area contributed by atoms with E-state index in [4.69, 9.17) is 9.47 Å². The van der Waals surface area contributed by atoms with Crippen LogP contribution in [0.4, 0.5) is 11.5 Å². The van der Waals surface area contributed by atoms with Crippen molar-refractivity contribution in [2.45, 2.75) is 25.5 Å². The van der Waals surface area contributed by atoms with E-state index in [-0.39, 0.29) is 6.23 Å². The number of fused-ring (bicyclic) bond motifs is 1. The first-order valence-electron chi connectivity index (χ1n) is 8.05. The molecule has 7 nitrogen and oxygen atoms in total. The number of aromatic nitrogens is 4. The molecule has 2 aromatic heterocycles. The van der Waals surface area contributed by atoms with E-state index in [0.717, 1.165) is 48.5 Å². The summed E-state index contributed by atoms with van der Waals surface area (Å²) in [5, 5.41) is 3.29. The number of nitrogens with zero attached hydrogens (tertiary/aromatic N) is 4. The molecule has 3 aromatic rings. The van der Waals surface area contributed by atoms with E-state index in [1.54, 1.807) is 19.8 Å². The summed E-state index contributed by atoms with van der Waals surface area (Å²) in [5.41, 5.74) is 2.44. The molecule has 0 aliphatic carbocycles. The highest BCUT2D eigenvalue weighted by Crippen LogP contribution is 2.28. The first kappa shape index (κ1) is 14.9. The van der Waals surface area contributed by atoms with Gasteiger partial charge < -0.3 is 14.8 Å². The van der Waals surface area contributed by atoms with Crippen LogP contribution in [-0.4, -0.2) is 33.2 Å². The van der Waals surface area contributed by atoms with Gasteiger partial charge in [0.15, 0.2) is 17.0 Å². The average molecular weight is 325 g/mol. The SMILES string of the molecule is COc1ccc(Nc2ncnc3c2ncn3C2CCCCO2)cc1. The van der Waals surface area contributed by atoms with Crippen LogP contribution in [0.2, 0.25) is 0 Å². The highest BCUT2D eigenvalue weighted by molar-refractivity contribution is 5.85. The molecule has 0 bridgehead atoms. The Hall–Kier alpha value is -2.67. The van der Waals surface area contributed by atoms with Crippen LogP contribution in [0.15, 0.2) is 36.9 Å². The summed E-state index contributed by atoms with van der Waals surface area (Å²) in [7, 11) is 1.65. The second-order valence-corrected chi connectivity index (χ2v) is 5.72. The van der Waals surface area contributed by atoms with E-state index >= 15 is 0 Å². The van der Waals surface area contributed by atoms with Gasteiger partial charge in [0.1, 0.15) is 18.3 Å². The Morgan fingerprint density at radius 3 is 2.79 bits per heavy atom. The standard InChI is InChI=1S/C17H19N5O2/c1-23-13-7-5-12(6-8-13)21-16-15-17(19-10-18-16)22(11-20-15)14-4-2-3-9-24-14/h5-8,10-11,14H,2-4,9H2,1H3,(H,18,19,21). The Bertz CT molecular complexity index is 825. The van der Waals surface area contributed by atoms with Gasteiger partial charge >= 0.3 is 0 Å². The Kier molecular flexibility index (Phi) is 4.00. The molecule has 0 radical (unpaired) electrons. The predicted octanol–water partition coefficient (Wildman–Crippen LogP) is 3.28. The van der Waals surface area contributed by atoms with E-state index in [1.807, 2.05) is 28.8 Å². The fraction of sp³-hybridized carbons (Fsp3) is 0.353. The van der Waals surface area contributed by atoms with Gasteiger partial charge in [0, 0.05) is 12.3 Å². The Labute approximate surface area is 139 Å². The van der Waals surface area contributed by atoms with Crippen molar-refractivity contribution in [3.05, 3.63) is 36.9 Å². The third-order valence-corrected chi connectivity index (χ3v) is 4.18. The molecule has 1 saturated heterocycles. The van der Waals surface area contributed by atoms with Crippen molar-refractivity contribution in [2.24, 2.45) is 0 Å². The van der Waals surface area contributed by atoms with Crippen LogP contribution in [0.5, 0.6) is 5.75 Å². The van der Waals surface area contributed by atoms with Gasteiger partial charge in [-0.25, -0.2) is 15.0 Å². The minimum atomic E-state index is 0.00693. The van der Waals surface area contributed by atoms with Crippen molar-refractivity contribution in [1.29, 1.82) is 0 Å². The fourth-order valence-corrected chi connectivity index (χ4v) is 2.91. The Morgan fingerprint density at radius 2 is 2.04 bits per heavy atom. The average Bonchev–Trinajstić information content (AvgIpc) is 3.08. The number of ether oxygens (including phenoxy) is 2. The van der Waals surface area contributed by atoms with E-state index < -0.39 is 0 Å². The third-order valence-electron chi connectivity index (χ3n) is 4.18. The summed E-state index contributed by atoms with van der Waals surface area (Å²) in [5.74, 6) is 1.49. The van der Waals surface area contributed by atoms with Crippen molar-refractivity contribution < 1.29 is 9.47 Å². The number of hydrogen-bond acceptors (Lipinski definition) is 6. The quantitative estimate of drug-likeness (QED) is 0.793. The van der Waals surface area contributed by atoms with Crippen molar-refractivity contribution >= 4 is 22.7 Å². The minimum absolute atomic E-state index is 0.00693. The number of benzene rings is 1. The summed E-state index contributed by atoms with van der Waals surface area (Å²) in [6, 6.07) is 7.67. The van der Waals surface area contributed by atoms with Crippen LogP contribution in [0.3, 0.4) is 0 Å². The van der Waals surface area contributed by atoms with E-state index in [0.29, 0.717) is 5.82 Å². The second-order valence-electron chi connectivity index (χ2n) is 5.72. The molecule has 0 spiro atoms. The van der Waals surface area contributed by atoms with Crippen molar-refractivity contribution in [3.63, 3.8) is 0 Å². The van der Waals surface area contributed by atoms with Gasteiger partial charge in [0.05, 0.1) is 13.4 Å². The van der Waals surface area contributed by atoms with Crippen molar-refractivity contribution in [2.75, 3.05) is 19.0 Å². The van der Waals surface area contributed by atoms with E-state index in [9.17, 15) is 0 Å². The molecule has 1 atom stereocenters. The Morgan fingerprint density at radius 1 is 1.17 bits per heavy atom. The lowest BCUT2D eigenvalue weighted by molar-refractivity contribution is -0.0298. The zero-order valence-electron chi connectivity index (χ0n) is 13.5. The van der Waals surface area contributed by atoms with Crippen LogP contribution < -0.4 is 10.1 Å². The first-order chi connectivity index (χ1) is 11.8. The van der Waals surface area contributed by atoms with Gasteiger partial charge in [-0.3, -0.25) is 4.57 Å². The molecule has 24 heavy (non-hydrogen) atoms. The van der Waals surface area contributed by atoms with Crippen LogP contribution in [0, 0.1) is 0 Å². The molecule has 1 N–H and O–H groups in total. The lowest BCUT2D eigenvalue weighted by Gasteiger charge is -2.23. The van der Waals surface area contributed by atoms with E-state index in [2.05, 4.69) is 20.3 Å². The van der Waals surface area contributed by atoms with Gasteiger partial charge in [0.2, 0.25) is 0 Å². The molecule has 1 unspecified atom stereocenters. The van der Waals surface area contributed by atoms with Crippen LogP contribution in [-0.2, 0) is 4.74 Å². The topological polar surface area (TPSA) is 74.1 Å². The molecule has 124 valence electrons. The highest BCUT2D eigenvalue weighted by atomic mass is 16.5. The second kappa shape index (κ2) is 6.45. The number of hydrogen-bond donors (Lipinski definition) is 1. The van der Waals surface area contributed by atoms with Gasteiger partial charge in [-0.15, -0.1) is 0 Å². The summed E-state index contributed by atoms with van der Waals surface area (Å²) in [6.07, 6.45) is 6.60. The number of anilines is 2. The molecule has 0 amide bonds. The molecule has 3 heterocycles. The van der Waals surface area contributed by atoms with Crippen LogP contribution in [0.25, 0.3) is 11.2 Å². The summed E-state index contributed by atoms with van der Waals surface area (Å²) < 4.78 is 13.0. The van der Waals surface area contributed by atoms with Gasteiger partial charge in [0.25, 0.3) is 0 Å². The number of imidazole rings is 1. The van der Waals surface area contributed by atoms with E-state index in [1.165, 1.54) is 0 Å². The van der Waals surface area contributed by atoms with Gasteiger partial charge in [-0.1, -0.05) is 0 Å². The Balaban J connectivity index is 1.64. The first-order valence-corrected chi connectivity index (χ1v) is 8.05. The smallest absolute Gasteiger partial charge is 0.167 e. The predicted molar refractivity (Wildman–Crippen MR) is 90.4 cm³/mol. The van der Waals surface area contributed by atoms with Crippen molar-refractivity contribution in [3.8, 4) is 5.75 Å². The monoisotopic (exact) mass is 325 g/mol. The number of methoxy groups -OCH3 is 1. The molecule has 7 heteroatoms. The lowest BCUT2D eigenvalue weighted by atomic mass is 10.2. The molecule has 1 aliphatic heterocycles. The molecule has 1 aromatic carbocycles. The third kappa shape index (κ3) is 2.78. The molecular weight excluding hydrogens is 306 g/mol. The zero-order valence-corrected chi connectivity index (χ0v) is 13.5. The maximum absolute atomic E-state index is 5.84. The van der Waals surface area contributed by atoms with Crippen molar-refractivity contribution in [1.82, 2.24) is 19.5 Å². The van der Waals surface area contributed by atoms with Gasteiger partial charge in [-0.05, 0) is 43.5 Å². The summed E-state index contributed by atoms with van der Waals surface area (Å²) >= 11 is 0. The molecule has 4 rings (SSSR count). The normalized spacial score (nSPS) is 17.8. The molecular formula is C17H19N5O2. The van der Waals surface area contributed by atoms with Gasteiger partial charge in [-0.2, -0.15) is 0 Å². The number of rotatable bonds is 4. The van der Waals surface area contributed by atoms with Crippen LogP contribution in [0.1, 0.15) is 25.5 Å². The molecule has 1 aliphatic rings.